The fourth-order valence-corrected chi connectivity index (χ4v) is 8.28. The molecule has 2 aliphatic heterocycles. The molecule has 19 nitrogen and oxygen atoms in total. The van der Waals surface area contributed by atoms with Crippen molar-refractivity contribution in [3.8, 4) is 12.1 Å². The number of thiol groups is 1. The van der Waals surface area contributed by atoms with Gasteiger partial charge in [0.1, 0.15) is 36.2 Å². The first-order valence-corrected chi connectivity index (χ1v) is 20.5. The molecular weight excluding hydrogens is 753 g/mol. The molecular formula is C27H29FN10O9P2S2. The number of carbonyl (C=O) groups excluding carboxylic acids is 1. The lowest BCUT2D eigenvalue weighted by Crippen LogP contribution is -2.32. The van der Waals surface area contributed by atoms with Crippen molar-refractivity contribution in [1.82, 2.24) is 34.1 Å². The minimum absolute atomic E-state index is 0.0375. The lowest BCUT2D eigenvalue weighted by Gasteiger charge is -2.24. The number of halogens is 1. The highest BCUT2D eigenvalue weighted by molar-refractivity contribution is 8.44. The van der Waals surface area contributed by atoms with Crippen LogP contribution < -0.4 is 10.9 Å². The van der Waals surface area contributed by atoms with Crippen LogP contribution in [0, 0.1) is 28.6 Å². The van der Waals surface area contributed by atoms with E-state index in [1.54, 1.807) is 18.4 Å². The van der Waals surface area contributed by atoms with Gasteiger partial charge in [0.25, 0.3) is 5.56 Å². The van der Waals surface area contributed by atoms with Gasteiger partial charge in [0.05, 0.1) is 44.2 Å². The normalized spacial score (nSPS) is 27.4. The number of alkyl halides is 1. The van der Waals surface area contributed by atoms with Crippen LogP contribution in [0.15, 0.2) is 23.4 Å². The number of nitrogens with one attached hydrogen (secondary N) is 2. The summed E-state index contributed by atoms with van der Waals surface area (Å²) >= 11 is 9.72. The molecule has 51 heavy (non-hydrogen) atoms. The van der Waals surface area contributed by atoms with Crippen LogP contribution in [0.2, 0.25) is 0 Å². The molecule has 2 aliphatic rings. The van der Waals surface area contributed by atoms with Crippen molar-refractivity contribution in [2.75, 3.05) is 25.1 Å². The number of aromatic nitrogens is 7. The van der Waals surface area contributed by atoms with E-state index in [4.69, 9.17) is 44.4 Å². The van der Waals surface area contributed by atoms with E-state index in [9.17, 15) is 19.4 Å². The van der Waals surface area contributed by atoms with E-state index in [2.05, 4.69) is 42.5 Å². The second-order valence-electron chi connectivity index (χ2n) is 11.4. The van der Waals surface area contributed by atoms with Crippen molar-refractivity contribution in [2.45, 2.75) is 58.0 Å². The Morgan fingerprint density at radius 2 is 2.08 bits per heavy atom. The van der Waals surface area contributed by atoms with Gasteiger partial charge in [-0.15, -0.1) is 0 Å². The summed E-state index contributed by atoms with van der Waals surface area (Å²) in [5.41, 5.74) is -0.118. The minimum Gasteiger partial charge on any atom is -0.346 e. The molecule has 0 aromatic carbocycles. The number of fused-ring (bicyclic) bond motifs is 6. The first-order valence-electron chi connectivity index (χ1n) is 15.2. The van der Waals surface area contributed by atoms with Gasteiger partial charge in [-0.1, -0.05) is 26.1 Å². The molecule has 1 amide bonds. The average Bonchev–Trinajstić information content (AvgIpc) is 3.75. The number of pyridine rings is 1. The molecule has 2 N–H and O–H groups in total. The Morgan fingerprint density at radius 3 is 2.82 bits per heavy atom. The van der Waals surface area contributed by atoms with Gasteiger partial charge in [-0.2, -0.15) is 15.5 Å². The Hall–Kier alpha value is -3.66. The van der Waals surface area contributed by atoms with Crippen molar-refractivity contribution in [1.29, 1.82) is 10.5 Å². The third-order valence-corrected chi connectivity index (χ3v) is 11.6. The number of nitrogens with zero attached hydrogens (tertiary/aromatic N) is 8. The molecule has 4 aromatic rings. The van der Waals surface area contributed by atoms with Crippen LogP contribution in [0.3, 0.4) is 0 Å². The second-order valence-corrected chi connectivity index (χ2v) is 17.3. The van der Waals surface area contributed by atoms with E-state index in [-0.39, 0.29) is 54.7 Å². The van der Waals surface area contributed by atoms with Gasteiger partial charge in [-0.25, -0.2) is 23.9 Å². The largest absolute Gasteiger partial charge is 0.387 e. The third kappa shape index (κ3) is 8.06. The quantitative estimate of drug-likeness (QED) is 0.144. The van der Waals surface area contributed by atoms with E-state index in [1.165, 1.54) is 16.8 Å². The van der Waals surface area contributed by atoms with Crippen molar-refractivity contribution in [2.24, 2.45) is 5.92 Å². The number of nitriles is 2. The molecule has 6 atom stereocenters. The van der Waals surface area contributed by atoms with Crippen molar-refractivity contribution in [3.63, 3.8) is 0 Å². The van der Waals surface area contributed by atoms with Crippen molar-refractivity contribution >= 4 is 71.8 Å². The van der Waals surface area contributed by atoms with Gasteiger partial charge in [-0.05, 0) is 17.9 Å². The molecule has 2 bridgehead atoms. The summed E-state index contributed by atoms with van der Waals surface area (Å²) in [5.74, 6) is -0.907. The molecule has 0 spiro atoms. The molecule has 0 aliphatic carbocycles. The number of H-pyrrole nitrogens is 1. The lowest BCUT2D eigenvalue weighted by atomic mass is 10.1. The van der Waals surface area contributed by atoms with E-state index >= 15 is 4.39 Å². The zero-order valence-electron chi connectivity index (χ0n) is 26.7. The van der Waals surface area contributed by atoms with Crippen LogP contribution in [-0.2, 0) is 61.7 Å². The van der Waals surface area contributed by atoms with Gasteiger partial charge >= 0.3 is 13.5 Å². The number of anilines is 1. The Balaban J connectivity index is 1.38. The Labute approximate surface area is 298 Å². The third-order valence-electron chi connectivity index (χ3n) is 7.57. The number of aromatic amines is 1. The van der Waals surface area contributed by atoms with Crippen LogP contribution in [0.1, 0.15) is 37.9 Å². The summed E-state index contributed by atoms with van der Waals surface area (Å²) < 4.78 is 67.6. The molecule has 1 saturated heterocycles. The smallest absolute Gasteiger partial charge is 0.346 e. The highest BCUT2D eigenvalue weighted by Crippen LogP contribution is 2.58. The summed E-state index contributed by atoms with van der Waals surface area (Å²) in [6.45, 7) is -6.03. The predicted molar refractivity (Wildman–Crippen MR) is 181 cm³/mol. The number of amides is 1. The highest BCUT2D eigenvalue weighted by atomic mass is 32.7. The molecule has 1 fully saturated rings. The van der Waals surface area contributed by atoms with Gasteiger partial charge in [-0.3, -0.25) is 33.5 Å². The van der Waals surface area contributed by atoms with Gasteiger partial charge in [0.15, 0.2) is 29.2 Å². The topological polar surface area (TPSA) is 243 Å². The van der Waals surface area contributed by atoms with E-state index in [1.807, 2.05) is 12.1 Å². The summed E-state index contributed by atoms with van der Waals surface area (Å²) in [6, 6.07) is 5.42. The second kappa shape index (κ2) is 15.1. The molecule has 24 heteroatoms. The monoisotopic (exact) mass is 782 g/mol. The summed E-state index contributed by atoms with van der Waals surface area (Å²) in [5, 5.41) is 20.9. The summed E-state index contributed by atoms with van der Waals surface area (Å²) in [4.78, 5) is 44.8. The van der Waals surface area contributed by atoms with Crippen LogP contribution in [-0.4, -0.2) is 78.2 Å². The molecule has 6 heterocycles. The minimum atomic E-state index is -4.44. The van der Waals surface area contributed by atoms with Crippen molar-refractivity contribution in [3.05, 3.63) is 40.3 Å². The maximum atomic E-state index is 16.4. The number of imidazole rings is 2. The average molecular weight is 783 g/mol. The van der Waals surface area contributed by atoms with E-state index in [0.717, 1.165) is 6.33 Å². The highest BCUT2D eigenvalue weighted by Gasteiger charge is 2.51. The SMILES string of the molecule is CC(C)C(=O)Nc1nc2c(ncn2[C@@H]2O[C@@H]3COP(=S)(OCCC#N)OCCn4c(nc5cc(C#N)cnc54)COP(=O)(S)O[C@@H]2[C@@H]3F)c(=O)[nH]1. The molecule has 0 saturated carbocycles. The van der Waals surface area contributed by atoms with Crippen LogP contribution in [0.4, 0.5) is 10.3 Å². The van der Waals surface area contributed by atoms with Gasteiger partial charge < -0.3 is 22.9 Å². The Kier molecular flexibility index (Phi) is 11.0. The first-order chi connectivity index (χ1) is 24.3. The zero-order chi connectivity index (χ0) is 36.5. The maximum absolute atomic E-state index is 16.4. The number of hydrogen-bond donors (Lipinski definition) is 3. The van der Waals surface area contributed by atoms with Gasteiger partial charge in [0, 0.05) is 18.7 Å². The number of ether oxygens (including phenoxy) is 1. The fraction of sp³-hybridized carbons (Fsp3) is 0.481. The molecule has 4 aromatic heterocycles. The van der Waals surface area contributed by atoms with Crippen molar-refractivity contribution < 1.29 is 41.1 Å². The number of carbonyl (C=O) groups is 1. The standard InChI is InChI=1S/C27H29FN10O9P2S2/c1-14(2)24(39)35-27-34-23-20(25(40)36-27)32-13-38(23)26-21-19(28)17(46-26)11-45-49(51,42-6-3-4-29)43-7-5-37-18(12-44-48(41,50)47-21)33-16-8-15(9-30)10-31-22(16)37/h8,10,13-14,17,19,21,26H,3,5-7,11-12H2,1-2H3,(H,41,50)(H2,34,35,36,39,40)/t17-,19-,21-,26-,48?,49?/m1/s1. The maximum Gasteiger partial charge on any atom is 0.387 e. The van der Waals surface area contributed by atoms with Crippen LogP contribution in [0.25, 0.3) is 22.3 Å². The fourth-order valence-electron chi connectivity index (χ4n) is 5.11. The first kappa shape index (κ1) is 37.1. The molecule has 270 valence electrons. The zero-order valence-corrected chi connectivity index (χ0v) is 30.2. The molecule has 6 rings (SSSR count). The van der Waals surface area contributed by atoms with E-state index in [0.29, 0.717) is 11.2 Å². The van der Waals surface area contributed by atoms with Crippen LogP contribution in [0.5, 0.6) is 0 Å². The molecule has 0 radical (unpaired) electrons. The number of hydrogen-bond acceptors (Lipinski definition) is 16. The Bertz CT molecular complexity index is 2220. The Morgan fingerprint density at radius 1 is 1.27 bits per heavy atom. The number of rotatable bonds is 6. The summed E-state index contributed by atoms with van der Waals surface area (Å²) in [6.07, 6.45) is -4.28. The summed E-state index contributed by atoms with van der Waals surface area (Å²) in [7, 11) is 0. The van der Waals surface area contributed by atoms with Gasteiger partial charge in [0.2, 0.25) is 11.9 Å². The van der Waals surface area contributed by atoms with E-state index < -0.39 is 68.7 Å². The molecule has 2 unspecified atom stereocenters. The predicted octanol–water partition coefficient (Wildman–Crippen LogP) is 3.41. The lowest BCUT2D eigenvalue weighted by molar-refractivity contribution is -0.118. The van der Waals surface area contributed by atoms with Crippen LogP contribution >= 0.6 is 25.8 Å².